The molecule has 6 heteroatoms. The van der Waals surface area contributed by atoms with E-state index in [-0.39, 0.29) is 24.2 Å². The van der Waals surface area contributed by atoms with E-state index in [0.717, 1.165) is 5.56 Å². The molecule has 1 saturated heterocycles. The average Bonchev–Trinajstić information content (AvgIpc) is 2.60. The Kier molecular flexibility index (Phi) is 4.97. The van der Waals surface area contributed by atoms with Crippen LogP contribution in [0.15, 0.2) is 42.7 Å². The molecule has 2 amide bonds. The number of anilines is 1. The smallest absolute Gasteiger partial charge is 0.228 e. The van der Waals surface area contributed by atoms with Gasteiger partial charge in [-0.05, 0) is 49.2 Å². The number of nitrogens with zero attached hydrogens (tertiary/aromatic N) is 2. The Hall–Kier alpha value is -2.89. The first-order valence-electron chi connectivity index (χ1n) is 8.26. The molecule has 0 bridgehead atoms. The number of carbonyl (C=O) groups excluding carboxylic acids is 2. The van der Waals surface area contributed by atoms with Gasteiger partial charge in [0.1, 0.15) is 11.5 Å². The minimum atomic E-state index is -0.268. The van der Waals surface area contributed by atoms with E-state index in [1.165, 1.54) is 0 Å². The van der Waals surface area contributed by atoms with Gasteiger partial charge in [-0.25, -0.2) is 0 Å². The molecule has 130 valence electrons. The number of rotatable bonds is 4. The van der Waals surface area contributed by atoms with Crippen molar-refractivity contribution in [1.82, 2.24) is 9.88 Å². The van der Waals surface area contributed by atoms with E-state index < -0.39 is 0 Å². The molecule has 1 atom stereocenters. The Morgan fingerprint density at radius 3 is 2.88 bits per heavy atom. The number of pyridine rings is 1. The van der Waals surface area contributed by atoms with Crippen LogP contribution in [0.5, 0.6) is 11.5 Å². The topological polar surface area (TPSA) is 71.5 Å². The fourth-order valence-electron chi connectivity index (χ4n) is 2.79. The summed E-state index contributed by atoms with van der Waals surface area (Å²) >= 11 is 0. The predicted octanol–water partition coefficient (Wildman–Crippen LogP) is 2.99. The number of carbonyl (C=O) groups is 2. The maximum absolute atomic E-state index is 12.4. The van der Waals surface area contributed by atoms with Crippen LogP contribution in [0.4, 0.5) is 5.69 Å². The zero-order valence-electron chi connectivity index (χ0n) is 14.4. The molecule has 1 aliphatic heterocycles. The third-order valence-corrected chi connectivity index (χ3v) is 4.34. The molecule has 0 radical (unpaired) electrons. The first-order valence-corrected chi connectivity index (χ1v) is 8.26. The lowest BCUT2D eigenvalue weighted by atomic mass is 9.95. The second-order valence-electron chi connectivity index (χ2n) is 6.27. The number of hydrogen-bond acceptors (Lipinski definition) is 4. The van der Waals surface area contributed by atoms with Crippen LogP contribution in [-0.4, -0.2) is 35.3 Å². The van der Waals surface area contributed by atoms with Gasteiger partial charge in [0.05, 0.1) is 6.20 Å². The summed E-state index contributed by atoms with van der Waals surface area (Å²) in [5.41, 5.74) is 1.61. The number of aryl methyl sites for hydroxylation is 1. The van der Waals surface area contributed by atoms with Crippen LogP contribution >= 0.6 is 0 Å². The molecule has 1 N–H and O–H groups in total. The van der Waals surface area contributed by atoms with E-state index in [0.29, 0.717) is 30.2 Å². The fourth-order valence-corrected chi connectivity index (χ4v) is 2.79. The zero-order valence-corrected chi connectivity index (χ0v) is 14.4. The highest BCUT2D eigenvalue weighted by atomic mass is 16.5. The van der Waals surface area contributed by atoms with E-state index in [2.05, 4.69) is 10.3 Å². The quantitative estimate of drug-likeness (QED) is 0.929. The van der Waals surface area contributed by atoms with Crippen LogP contribution in [0.25, 0.3) is 0 Å². The van der Waals surface area contributed by atoms with Crippen molar-refractivity contribution in [3.63, 3.8) is 0 Å². The lowest BCUT2D eigenvalue weighted by molar-refractivity contribution is -0.137. The lowest BCUT2D eigenvalue weighted by Gasteiger charge is -2.28. The molecule has 1 aromatic carbocycles. The highest BCUT2D eigenvalue weighted by Crippen LogP contribution is 2.27. The molecule has 25 heavy (non-hydrogen) atoms. The van der Waals surface area contributed by atoms with Crippen molar-refractivity contribution in [1.29, 1.82) is 0 Å². The molecule has 1 fully saturated rings. The maximum Gasteiger partial charge on any atom is 0.228 e. The van der Waals surface area contributed by atoms with E-state index in [4.69, 9.17) is 4.74 Å². The molecule has 0 aliphatic carbocycles. The number of nitrogens with one attached hydrogen (secondary N) is 1. The van der Waals surface area contributed by atoms with E-state index >= 15 is 0 Å². The normalized spacial score (nSPS) is 17.3. The monoisotopic (exact) mass is 339 g/mol. The Balaban J connectivity index is 1.64. The highest BCUT2D eigenvalue weighted by Gasteiger charge is 2.28. The van der Waals surface area contributed by atoms with Crippen molar-refractivity contribution in [2.24, 2.45) is 5.92 Å². The minimum absolute atomic E-state index is 0.0165. The Morgan fingerprint density at radius 1 is 1.36 bits per heavy atom. The maximum atomic E-state index is 12.4. The average molecular weight is 339 g/mol. The summed E-state index contributed by atoms with van der Waals surface area (Å²) in [4.78, 5) is 29.8. The summed E-state index contributed by atoms with van der Waals surface area (Å²) in [6, 6.07) is 9.12. The summed E-state index contributed by atoms with van der Waals surface area (Å²) in [6.07, 6.45) is 4.29. The van der Waals surface area contributed by atoms with Crippen molar-refractivity contribution in [2.45, 2.75) is 19.8 Å². The SMILES string of the molecule is Cc1cc(NC(=O)C2CCN(C)C(=O)C2)ccc1Oc1cccnc1. The van der Waals surface area contributed by atoms with Crippen molar-refractivity contribution in [2.75, 3.05) is 18.9 Å². The second kappa shape index (κ2) is 7.34. The standard InChI is InChI=1S/C19H21N3O3/c1-13-10-15(5-6-17(13)25-16-4-3-8-20-12-16)21-19(24)14-7-9-22(2)18(23)11-14/h3-6,8,10,12,14H,7,9,11H2,1-2H3,(H,21,24). The van der Waals surface area contributed by atoms with Gasteiger partial charge in [0, 0.05) is 37.8 Å². The van der Waals surface area contributed by atoms with Gasteiger partial charge < -0.3 is 15.0 Å². The number of aromatic nitrogens is 1. The van der Waals surface area contributed by atoms with Gasteiger partial charge in [0.15, 0.2) is 0 Å². The van der Waals surface area contributed by atoms with Gasteiger partial charge in [-0.2, -0.15) is 0 Å². The van der Waals surface area contributed by atoms with Crippen LogP contribution in [0.1, 0.15) is 18.4 Å². The molecule has 0 saturated carbocycles. The van der Waals surface area contributed by atoms with Crippen LogP contribution in [0.3, 0.4) is 0 Å². The van der Waals surface area contributed by atoms with E-state index in [1.54, 1.807) is 30.4 Å². The van der Waals surface area contributed by atoms with Crippen LogP contribution in [0, 0.1) is 12.8 Å². The molecule has 0 spiro atoms. The number of likely N-dealkylation sites (tertiary alicyclic amines) is 1. The molecule has 1 aromatic heterocycles. The minimum Gasteiger partial charge on any atom is -0.455 e. The number of piperidine rings is 1. The first kappa shape index (κ1) is 17.0. The summed E-state index contributed by atoms with van der Waals surface area (Å²) in [5.74, 6) is 1.01. The number of amides is 2. The van der Waals surface area contributed by atoms with Gasteiger partial charge >= 0.3 is 0 Å². The molecular weight excluding hydrogens is 318 g/mol. The van der Waals surface area contributed by atoms with Crippen molar-refractivity contribution in [3.05, 3.63) is 48.3 Å². The van der Waals surface area contributed by atoms with Crippen molar-refractivity contribution < 1.29 is 14.3 Å². The first-order chi connectivity index (χ1) is 12.0. The molecular formula is C19H21N3O3. The second-order valence-corrected chi connectivity index (χ2v) is 6.27. The molecule has 6 nitrogen and oxygen atoms in total. The Bertz CT molecular complexity index is 777. The highest BCUT2D eigenvalue weighted by molar-refractivity contribution is 5.95. The molecule has 1 aliphatic rings. The van der Waals surface area contributed by atoms with E-state index in [1.807, 2.05) is 31.2 Å². The van der Waals surface area contributed by atoms with Crippen LogP contribution < -0.4 is 10.1 Å². The fraction of sp³-hybridized carbons (Fsp3) is 0.316. The largest absolute Gasteiger partial charge is 0.455 e. The van der Waals surface area contributed by atoms with Gasteiger partial charge in [-0.15, -0.1) is 0 Å². The van der Waals surface area contributed by atoms with Gasteiger partial charge in [0.25, 0.3) is 0 Å². The Labute approximate surface area is 146 Å². The molecule has 2 aromatic rings. The summed E-state index contributed by atoms with van der Waals surface area (Å²) in [5, 5.41) is 2.90. The van der Waals surface area contributed by atoms with Gasteiger partial charge in [-0.1, -0.05) is 0 Å². The third kappa shape index (κ3) is 4.15. The summed E-state index contributed by atoms with van der Waals surface area (Å²) in [6.45, 7) is 2.54. The van der Waals surface area contributed by atoms with Crippen molar-refractivity contribution >= 4 is 17.5 Å². The molecule has 3 rings (SSSR count). The summed E-state index contributed by atoms with van der Waals surface area (Å²) < 4.78 is 5.79. The Morgan fingerprint density at radius 2 is 2.20 bits per heavy atom. The summed E-state index contributed by atoms with van der Waals surface area (Å²) in [7, 11) is 1.76. The van der Waals surface area contributed by atoms with Gasteiger partial charge in [0.2, 0.25) is 11.8 Å². The molecule has 2 heterocycles. The van der Waals surface area contributed by atoms with E-state index in [9.17, 15) is 9.59 Å². The van der Waals surface area contributed by atoms with Gasteiger partial charge in [-0.3, -0.25) is 14.6 Å². The number of hydrogen-bond donors (Lipinski definition) is 1. The number of benzene rings is 1. The van der Waals surface area contributed by atoms with Crippen LogP contribution in [-0.2, 0) is 9.59 Å². The lowest BCUT2D eigenvalue weighted by Crippen LogP contribution is -2.39. The predicted molar refractivity (Wildman–Crippen MR) is 94.5 cm³/mol. The number of ether oxygens (including phenoxy) is 1. The van der Waals surface area contributed by atoms with Crippen LogP contribution in [0.2, 0.25) is 0 Å². The molecule has 1 unspecified atom stereocenters. The zero-order chi connectivity index (χ0) is 17.8. The van der Waals surface area contributed by atoms with Crippen molar-refractivity contribution in [3.8, 4) is 11.5 Å². The third-order valence-electron chi connectivity index (χ3n) is 4.34.